The molecule has 0 N–H and O–H groups in total. The van der Waals surface area contributed by atoms with E-state index >= 15 is 0 Å². The van der Waals surface area contributed by atoms with Crippen LogP contribution >= 0.6 is 0 Å². The molecule has 1 rings (SSSR count). The average Bonchev–Trinajstić information content (AvgIpc) is 1.97. The normalized spacial score (nSPS) is 23.2. The Morgan fingerprint density at radius 1 is 1.46 bits per heavy atom. The molecule has 1 aliphatic heterocycles. The lowest BCUT2D eigenvalue weighted by Crippen LogP contribution is -2.67. The van der Waals surface area contributed by atoms with Gasteiger partial charge >= 0.3 is 0 Å². The summed E-state index contributed by atoms with van der Waals surface area (Å²) in [5.41, 5.74) is 0. The summed E-state index contributed by atoms with van der Waals surface area (Å²) in [5, 5.41) is -0.489. The van der Waals surface area contributed by atoms with E-state index in [0.29, 0.717) is 13.1 Å². The molecule has 0 aromatic rings. The molecular formula is C8H16FNO2S. The zero-order valence-corrected chi connectivity index (χ0v) is 9.07. The zero-order valence-electron chi connectivity index (χ0n) is 8.25. The van der Waals surface area contributed by atoms with E-state index in [1.54, 1.807) is 20.9 Å². The van der Waals surface area contributed by atoms with Gasteiger partial charge in [0.15, 0.2) is 9.84 Å². The van der Waals surface area contributed by atoms with Gasteiger partial charge in [0, 0.05) is 13.1 Å². The Morgan fingerprint density at radius 3 is 2.15 bits per heavy atom. The van der Waals surface area contributed by atoms with Crippen LogP contribution in [0.2, 0.25) is 0 Å². The molecule has 0 spiro atoms. The van der Waals surface area contributed by atoms with Crippen molar-refractivity contribution in [1.82, 2.24) is 4.90 Å². The number of likely N-dealkylation sites (tertiary alicyclic amines) is 1. The summed E-state index contributed by atoms with van der Waals surface area (Å²) >= 11 is 0. The van der Waals surface area contributed by atoms with Crippen LogP contribution < -0.4 is 0 Å². The fourth-order valence-corrected chi connectivity index (χ4v) is 3.73. The van der Waals surface area contributed by atoms with Crippen molar-refractivity contribution >= 4 is 9.84 Å². The van der Waals surface area contributed by atoms with Crippen molar-refractivity contribution in [3.63, 3.8) is 0 Å². The largest absolute Gasteiger partial charge is 0.303 e. The summed E-state index contributed by atoms with van der Waals surface area (Å²) < 4.78 is 35.1. The van der Waals surface area contributed by atoms with Crippen LogP contribution in [0.1, 0.15) is 13.8 Å². The highest BCUT2D eigenvalue weighted by molar-refractivity contribution is 7.93. The molecule has 0 saturated carbocycles. The fourth-order valence-electron chi connectivity index (χ4n) is 1.78. The third-order valence-corrected chi connectivity index (χ3v) is 5.40. The minimum absolute atomic E-state index is 0.323. The van der Waals surface area contributed by atoms with Crippen LogP contribution in [0.5, 0.6) is 0 Å². The Labute approximate surface area is 78.8 Å². The molecule has 5 heteroatoms. The molecule has 0 unspecified atom stereocenters. The van der Waals surface area contributed by atoms with Crippen LogP contribution in [0.25, 0.3) is 0 Å². The van der Waals surface area contributed by atoms with Gasteiger partial charge in [0.1, 0.15) is 11.4 Å². The first-order chi connectivity index (χ1) is 5.85. The first-order valence-corrected chi connectivity index (χ1v) is 5.88. The molecule has 0 radical (unpaired) electrons. The van der Waals surface area contributed by atoms with Crippen molar-refractivity contribution in [2.24, 2.45) is 0 Å². The first-order valence-electron chi connectivity index (χ1n) is 4.34. The van der Waals surface area contributed by atoms with Crippen molar-refractivity contribution in [3.05, 3.63) is 0 Å². The number of hydrogen-bond donors (Lipinski definition) is 0. The second-order valence-electron chi connectivity index (χ2n) is 4.08. The van der Waals surface area contributed by atoms with Crippen LogP contribution in [0, 0.1) is 0 Å². The average molecular weight is 209 g/mol. The van der Waals surface area contributed by atoms with E-state index in [1.807, 2.05) is 4.90 Å². The zero-order chi connectivity index (χ0) is 10.3. The number of nitrogens with zero attached hydrogens (tertiary/aromatic N) is 1. The van der Waals surface area contributed by atoms with Crippen molar-refractivity contribution in [1.29, 1.82) is 0 Å². The predicted octanol–water partition coefficient (Wildman–Crippen LogP) is 0.463. The molecule has 0 aromatic carbocycles. The Balaban J connectivity index is 2.92. The van der Waals surface area contributed by atoms with Crippen molar-refractivity contribution in [2.75, 3.05) is 26.8 Å². The topological polar surface area (TPSA) is 37.4 Å². The molecule has 3 nitrogen and oxygen atoms in total. The van der Waals surface area contributed by atoms with Gasteiger partial charge in [-0.3, -0.25) is 0 Å². The Bertz CT molecular complexity index is 281. The maximum Gasteiger partial charge on any atom is 0.163 e. The van der Waals surface area contributed by atoms with Gasteiger partial charge < -0.3 is 4.90 Å². The van der Waals surface area contributed by atoms with E-state index in [9.17, 15) is 12.8 Å². The van der Waals surface area contributed by atoms with Crippen LogP contribution in [0.3, 0.4) is 0 Å². The molecule has 1 fully saturated rings. The lowest BCUT2D eigenvalue weighted by Gasteiger charge is -2.46. The standard InChI is InChI=1S/C8H16FNO2S/c1-7(2)13(11,12)8(4-9)5-10(3)6-8/h7H,4-6H2,1-3H3. The quantitative estimate of drug-likeness (QED) is 0.678. The SMILES string of the molecule is CC(C)S(=O)(=O)C1(CF)CN(C)C1. The predicted molar refractivity (Wildman–Crippen MR) is 50.3 cm³/mol. The summed E-state index contributed by atoms with van der Waals surface area (Å²) in [5.74, 6) is 0. The smallest absolute Gasteiger partial charge is 0.163 e. The molecule has 0 bridgehead atoms. The van der Waals surface area contributed by atoms with Gasteiger partial charge in [0.2, 0.25) is 0 Å². The third kappa shape index (κ3) is 1.48. The van der Waals surface area contributed by atoms with Crippen LogP contribution in [0.15, 0.2) is 0 Å². The fraction of sp³-hybridized carbons (Fsp3) is 1.00. The van der Waals surface area contributed by atoms with E-state index < -0.39 is 26.5 Å². The number of halogens is 1. The molecule has 1 heterocycles. The van der Waals surface area contributed by atoms with E-state index in [2.05, 4.69) is 0 Å². The molecule has 0 aromatic heterocycles. The molecule has 1 saturated heterocycles. The number of rotatable bonds is 3. The summed E-state index contributed by atoms with van der Waals surface area (Å²) in [6, 6.07) is 0. The van der Waals surface area contributed by atoms with E-state index in [1.165, 1.54) is 0 Å². The summed E-state index contributed by atoms with van der Waals surface area (Å²) in [6.07, 6.45) is 0. The van der Waals surface area contributed by atoms with Gasteiger partial charge in [-0.1, -0.05) is 0 Å². The molecule has 13 heavy (non-hydrogen) atoms. The summed E-state index contributed by atoms with van der Waals surface area (Å²) in [6.45, 7) is 3.09. The Morgan fingerprint density at radius 2 is 1.92 bits per heavy atom. The highest BCUT2D eigenvalue weighted by Crippen LogP contribution is 2.31. The van der Waals surface area contributed by atoms with Gasteiger partial charge in [0.25, 0.3) is 0 Å². The first kappa shape index (κ1) is 10.9. The maximum absolute atomic E-state index is 12.7. The van der Waals surface area contributed by atoms with E-state index in [4.69, 9.17) is 0 Å². The number of hydrogen-bond acceptors (Lipinski definition) is 3. The molecule has 78 valence electrons. The van der Waals surface area contributed by atoms with E-state index in [0.717, 1.165) is 0 Å². The number of alkyl halides is 1. The minimum atomic E-state index is -3.30. The minimum Gasteiger partial charge on any atom is -0.303 e. The van der Waals surface area contributed by atoms with Crippen LogP contribution in [-0.4, -0.2) is 50.1 Å². The van der Waals surface area contributed by atoms with E-state index in [-0.39, 0.29) is 0 Å². The van der Waals surface area contributed by atoms with Crippen molar-refractivity contribution in [3.8, 4) is 0 Å². The monoisotopic (exact) mass is 209 g/mol. The van der Waals surface area contributed by atoms with Crippen molar-refractivity contribution < 1.29 is 12.8 Å². The van der Waals surface area contributed by atoms with Gasteiger partial charge in [-0.05, 0) is 20.9 Å². The second-order valence-corrected chi connectivity index (χ2v) is 6.98. The lowest BCUT2D eigenvalue weighted by atomic mass is 10.0. The van der Waals surface area contributed by atoms with Gasteiger partial charge in [-0.15, -0.1) is 0 Å². The highest BCUT2D eigenvalue weighted by Gasteiger charge is 2.53. The summed E-state index contributed by atoms with van der Waals surface area (Å²) in [7, 11) is -1.51. The maximum atomic E-state index is 12.7. The molecule has 0 amide bonds. The molecule has 0 aliphatic carbocycles. The lowest BCUT2D eigenvalue weighted by molar-refractivity contribution is 0.129. The van der Waals surface area contributed by atoms with Gasteiger partial charge in [0.05, 0.1) is 5.25 Å². The second kappa shape index (κ2) is 3.20. The Kier molecular flexibility index (Phi) is 2.69. The van der Waals surface area contributed by atoms with Gasteiger partial charge in [-0.25, -0.2) is 12.8 Å². The summed E-state index contributed by atoms with van der Waals surface area (Å²) in [4.78, 5) is 1.82. The number of sulfone groups is 1. The highest BCUT2D eigenvalue weighted by atomic mass is 32.2. The van der Waals surface area contributed by atoms with Gasteiger partial charge in [-0.2, -0.15) is 0 Å². The van der Waals surface area contributed by atoms with Crippen LogP contribution in [0.4, 0.5) is 4.39 Å². The molecule has 0 atom stereocenters. The molecular weight excluding hydrogens is 193 g/mol. The Hall–Kier alpha value is -0.160. The molecule has 1 aliphatic rings. The van der Waals surface area contributed by atoms with Crippen LogP contribution in [-0.2, 0) is 9.84 Å². The third-order valence-electron chi connectivity index (χ3n) is 2.58. The van der Waals surface area contributed by atoms with Crippen molar-refractivity contribution in [2.45, 2.75) is 23.8 Å².